The highest BCUT2D eigenvalue weighted by Gasteiger charge is 2.35. The fourth-order valence-electron chi connectivity index (χ4n) is 3.82. The molecule has 5 N–H and O–H groups in total. The molecule has 1 saturated heterocycles. The SMILES string of the molecule is Cc1ccccc1CN1CCC(CC#N)(N/C=C(\C(=N)NC(=O)C2CC2)C(N)=O)CC1. The average molecular weight is 423 g/mol. The smallest absolute Gasteiger partial charge is 0.253 e. The first kappa shape index (κ1) is 22.5. The fourth-order valence-corrected chi connectivity index (χ4v) is 3.82. The van der Waals surface area contributed by atoms with Gasteiger partial charge in [0.1, 0.15) is 5.84 Å². The van der Waals surface area contributed by atoms with Gasteiger partial charge in [-0.15, -0.1) is 0 Å². The molecule has 1 aliphatic heterocycles. The first-order valence-electron chi connectivity index (χ1n) is 10.6. The first-order chi connectivity index (χ1) is 14.8. The molecule has 31 heavy (non-hydrogen) atoms. The number of piperidine rings is 1. The van der Waals surface area contributed by atoms with Crippen molar-refractivity contribution in [3.05, 3.63) is 47.2 Å². The number of carbonyl (C=O) groups excluding carboxylic acids is 2. The minimum absolute atomic E-state index is 0.0788. The molecule has 0 radical (unpaired) electrons. The van der Waals surface area contributed by atoms with Crippen LogP contribution in [0.1, 0.15) is 43.2 Å². The van der Waals surface area contributed by atoms with Gasteiger partial charge >= 0.3 is 0 Å². The third-order valence-electron chi connectivity index (χ3n) is 6.14. The molecule has 2 fully saturated rings. The maximum atomic E-state index is 11.9. The maximum Gasteiger partial charge on any atom is 0.253 e. The van der Waals surface area contributed by atoms with Crippen molar-refractivity contribution < 1.29 is 9.59 Å². The van der Waals surface area contributed by atoms with Crippen LogP contribution in [0.5, 0.6) is 0 Å². The van der Waals surface area contributed by atoms with Gasteiger partial charge in [0.2, 0.25) is 5.91 Å². The highest BCUT2D eigenvalue weighted by molar-refractivity contribution is 6.22. The van der Waals surface area contributed by atoms with Crippen LogP contribution in [-0.2, 0) is 16.1 Å². The number of primary amides is 1. The number of amidine groups is 1. The molecule has 2 amide bonds. The second-order valence-electron chi connectivity index (χ2n) is 8.52. The third-order valence-corrected chi connectivity index (χ3v) is 6.14. The number of nitriles is 1. The quantitative estimate of drug-likeness (QED) is 0.287. The Morgan fingerprint density at radius 3 is 2.58 bits per heavy atom. The van der Waals surface area contributed by atoms with Crippen LogP contribution in [-0.4, -0.2) is 41.2 Å². The zero-order valence-electron chi connectivity index (χ0n) is 17.9. The van der Waals surface area contributed by atoms with Crippen molar-refractivity contribution in [2.24, 2.45) is 11.7 Å². The van der Waals surface area contributed by atoms with Crippen LogP contribution in [0.3, 0.4) is 0 Å². The number of carbonyl (C=O) groups is 2. The molecule has 2 aliphatic rings. The lowest BCUT2D eigenvalue weighted by atomic mass is 9.84. The predicted octanol–water partition coefficient (Wildman–Crippen LogP) is 1.71. The summed E-state index contributed by atoms with van der Waals surface area (Å²) in [4.78, 5) is 26.2. The first-order valence-corrected chi connectivity index (χ1v) is 10.6. The van der Waals surface area contributed by atoms with Crippen molar-refractivity contribution >= 4 is 17.6 Å². The monoisotopic (exact) mass is 422 g/mol. The van der Waals surface area contributed by atoms with E-state index in [-0.39, 0.29) is 29.7 Å². The van der Waals surface area contributed by atoms with Crippen LogP contribution in [0.4, 0.5) is 0 Å². The van der Waals surface area contributed by atoms with E-state index >= 15 is 0 Å². The van der Waals surface area contributed by atoms with E-state index in [2.05, 4.69) is 40.7 Å². The van der Waals surface area contributed by atoms with Gasteiger partial charge in [-0.2, -0.15) is 5.26 Å². The molecule has 164 valence electrons. The molecular formula is C23H30N6O2. The number of amides is 2. The lowest BCUT2D eigenvalue weighted by molar-refractivity contribution is -0.120. The molecule has 1 heterocycles. The van der Waals surface area contributed by atoms with Gasteiger partial charge in [-0.1, -0.05) is 24.3 Å². The molecule has 1 aromatic carbocycles. The van der Waals surface area contributed by atoms with Gasteiger partial charge in [-0.05, 0) is 43.7 Å². The molecule has 3 rings (SSSR count). The van der Waals surface area contributed by atoms with Crippen LogP contribution in [0.25, 0.3) is 0 Å². The number of aryl methyl sites for hydroxylation is 1. The number of hydrogen-bond acceptors (Lipinski definition) is 6. The molecule has 1 aromatic rings. The van der Waals surface area contributed by atoms with Crippen LogP contribution < -0.4 is 16.4 Å². The second kappa shape index (κ2) is 9.75. The molecule has 8 heteroatoms. The zero-order valence-corrected chi connectivity index (χ0v) is 17.9. The number of rotatable bonds is 8. The van der Waals surface area contributed by atoms with E-state index in [0.717, 1.165) is 45.3 Å². The Bertz CT molecular complexity index is 920. The number of hydrogen-bond donors (Lipinski definition) is 4. The van der Waals surface area contributed by atoms with E-state index in [4.69, 9.17) is 11.1 Å². The molecule has 1 saturated carbocycles. The van der Waals surface area contributed by atoms with Gasteiger partial charge in [0.15, 0.2) is 0 Å². The van der Waals surface area contributed by atoms with E-state index in [1.165, 1.54) is 17.3 Å². The standard InChI is InChI=1S/C23H30N6O2/c1-16-4-2-3-5-18(16)15-29-12-9-23(8-11-24,10-13-29)27-14-19(21(26)30)20(25)28-22(31)17-6-7-17/h2-5,14,17,27H,6-10,12-13,15H2,1H3,(H2,26,30)(H2,25,28,31)/b19-14+. The Balaban J connectivity index is 1.64. The third kappa shape index (κ3) is 5.92. The summed E-state index contributed by atoms with van der Waals surface area (Å²) in [6.07, 6.45) is 4.71. The summed E-state index contributed by atoms with van der Waals surface area (Å²) in [5, 5.41) is 23.1. The molecule has 8 nitrogen and oxygen atoms in total. The molecule has 0 atom stereocenters. The number of nitrogens with one attached hydrogen (secondary N) is 3. The van der Waals surface area contributed by atoms with Crippen molar-refractivity contribution in [2.45, 2.75) is 51.1 Å². The Labute approximate surface area is 183 Å². The summed E-state index contributed by atoms with van der Waals surface area (Å²) in [6.45, 7) is 4.57. The van der Waals surface area contributed by atoms with Gasteiger partial charge in [-0.25, -0.2) is 0 Å². The van der Waals surface area contributed by atoms with Crippen LogP contribution >= 0.6 is 0 Å². The minimum Gasteiger partial charge on any atom is -0.384 e. The van der Waals surface area contributed by atoms with Crippen molar-refractivity contribution in [2.75, 3.05) is 13.1 Å². The van der Waals surface area contributed by atoms with Gasteiger partial charge in [0, 0.05) is 31.8 Å². The summed E-state index contributed by atoms with van der Waals surface area (Å²) in [7, 11) is 0. The van der Waals surface area contributed by atoms with E-state index in [9.17, 15) is 14.9 Å². The molecule has 0 aromatic heterocycles. The van der Waals surface area contributed by atoms with E-state index in [0.29, 0.717) is 0 Å². The Morgan fingerprint density at radius 2 is 2.00 bits per heavy atom. The lowest BCUT2D eigenvalue weighted by Gasteiger charge is -2.41. The zero-order chi connectivity index (χ0) is 22.4. The van der Waals surface area contributed by atoms with Crippen LogP contribution in [0.15, 0.2) is 36.0 Å². The van der Waals surface area contributed by atoms with Gasteiger partial charge in [0.25, 0.3) is 5.91 Å². The summed E-state index contributed by atoms with van der Waals surface area (Å²) < 4.78 is 0. The van der Waals surface area contributed by atoms with Gasteiger partial charge < -0.3 is 16.4 Å². The highest BCUT2D eigenvalue weighted by atomic mass is 16.2. The predicted molar refractivity (Wildman–Crippen MR) is 118 cm³/mol. The van der Waals surface area contributed by atoms with Crippen molar-refractivity contribution in [3.8, 4) is 6.07 Å². The number of nitrogens with two attached hydrogens (primary N) is 1. The van der Waals surface area contributed by atoms with E-state index in [1.807, 2.05) is 12.1 Å². The normalized spacial score (nSPS) is 18.6. The maximum absolute atomic E-state index is 11.9. The molecule has 0 unspecified atom stereocenters. The van der Waals surface area contributed by atoms with Crippen molar-refractivity contribution in [1.29, 1.82) is 10.7 Å². The summed E-state index contributed by atoms with van der Waals surface area (Å²) >= 11 is 0. The van der Waals surface area contributed by atoms with Crippen LogP contribution in [0.2, 0.25) is 0 Å². The summed E-state index contributed by atoms with van der Waals surface area (Å²) in [6, 6.07) is 10.6. The fraction of sp³-hybridized carbons (Fsp3) is 0.478. The van der Waals surface area contributed by atoms with Crippen molar-refractivity contribution in [3.63, 3.8) is 0 Å². The molecule has 0 spiro atoms. The number of nitrogens with zero attached hydrogens (tertiary/aromatic N) is 2. The van der Waals surface area contributed by atoms with Gasteiger partial charge in [-0.3, -0.25) is 19.9 Å². The number of likely N-dealkylation sites (tertiary alicyclic amines) is 1. The largest absolute Gasteiger partial charge is 0.384 e. The van der Waals surface area contributed by atoms with Gasteiger partial charge in [0.05, 0.1) is 23.6 Å². The number of benzene rings is 1. The lowest BCUT2D eigenvalue weighted by Crippen LogP contribution is -2.51. The summed E-state index contributed by atoms with van der Waals surface area (Å²) in [5.41, 5.74) is 7.41. The second-order valence-corrected chi connectivity index (χ2v) is 8.52. The Morgan fingerprint density at radius 1 is 1.32 bits per heavy atom. The van der Waals surface area contributed by atoms with E-state index in [1.54, 1.807) is 0 Å². The average Bonchev–Trinajstić information content (AvgIpc) is 3.57. The summed E-state index contributed by atoms with van der Waals surface area (Å²) in [5.74, 6) is -1.43. The minimum atomic E-state index is -0.794. The Hall–Kier alpha value is -3.18. The molecular weight excluding hydrogens is 392 g/mol. The Kier molecular flexibility index (Phi) is 7.08. The molecule has 1 aliphatic carbocycles. The van der Waals surface area contributed by atoms with Crippen molar-refractivity contribution in [1.82, 2.24) is 15.5 Å². The van der Waals surface area contributed by atoms with E-state index < -0.39 is 11.4 Å². The highest BCUT2D eigenvalue weighted by Crippen LogP contribution is 2.29. The molecule has 0 bridgehead atoms. The van der Waals surface area contributed by atoms with Crippen LogP contribution in [0, 0.1) is 29.6 Å². The topological polar surface area (TPSA) is 135 Å².